The van der Waals surface area contributed by atoms with Crippen molar-refractivity contribution in [2.24, 2.45) is 5.92 Å². The van der Waals surface area contributed by atoms with E-state index in [0.717, 1.165) is 37.8 Å². The summed E-state index contributed by atoms with van der Waals surface area (Å²) in [7, 11) is -4.27. The summed E-state index contributed by atoms with van der Waals surface area (Å²) in [6.45, 7) is 2.88. The van der Waals surface area contributed by atoms with Crippen LogP contribution in [0.1, 0.15) is 19.3 Å². The van der Waals surface area contributed by atoms with E-state index in [2.05, 4.69) is 19.9 Å². The molecular formula is C17H19ClF2N4O2S2. The highest BCUT2D eigenvalue weighted by molar-refractivity contribution is 7.93. The molecule has 2 N–H and O–H groups in total. The van der Waals surface area contributed by atoms with Crippen LogP contribution in [0, 0.1) is 16.9 Å². The van der Waals surface area contributed by atoms with Crippen molar-refractivity contribution in [3.05, 3.63) is 34.3 Å². The van der Waals surface area contributed by atoms with Crippen LogP contribution in [0.25, 0.3) is 0 Å². The molecule has 0 spiro atoms. The van der Waals surface area contributed by atoms with E-state index in [9.17, 15) is 17.2 Å². The number of sulfonamides is 1. The molecule has 2 aliphatic heterocycles. The lowest BCUT2D eigenvalue weighted by Crippen LogP contribution is -2.29. The van der Waals surface area contributed by atoms with Gasteiger partial charge in [0.2, 0.25) is 0 Å². The minimum absolute atomic E-state index is 0.105. The van der Waals surface area contributed by atoms with E-state index in [4.69, 9.17) is 11.6 Å². The predicted molar refractivity (Wildman–Crippen MR) is 105 cm³/mol. The number of halogens is 3. The molecule has 0 radical (unpaired) electrons. The standard InChI is InChI=1S/C17H19ClF2N4O2S2/c18-11-6-15(28(25,26)23-17-22-9-16(20)27-17)12(19)7-13(11)21-8-10-3-5-24-4-1-2-14(10)24/h6-7,9-10,14,21H,1-5,8H2,(H,22,23)/t10-,14?/m0/s1. The summed E-state index contributed by atoms with van der Waals surface area (Å²) in [4.78, 5) is 5.45. The van der Waals surface area contributed by atoms with E-state index >= 15 is 0 Å². The Morgan fingerprint density at radius 3 is 2.86 bits per heavy atom. The van der Waals surface area contributed by atoms with Gasteiger partial charge < -0.3 is 10.2 Å². The molecule has 28 heavy (non-hydrogen) atoms. The van der Waals surface area contributed by atoms with Crippen LogP contribution < -0.4 is 10.0 Å². The highest BCUT2D eigenvalue weighted by Gasteiger charge is 2.36. The SMILES string of the molecule is O=S(=O)(Nc1ncc(F)s1)c1cc(Cl)c(NC[C@@H]2CCN3CCCC23)cc1F. The highest BCUT2D eigenvalue weighted by atomic mass is 35.5. The van der Waals surface area contributed by atoms with E-state index in [-0.39, 0.29) is 10.2 Å². The van der Waals surface area contributed by atoms with Crippen molar-refractivity contribution in [1.29, 1.82) is 0 Å². The van der Waals surface area contributed by atoms with Crippen molar-refractivity contribution in [3.8, 4) is 0 Å². The van der Waals surface area contributed by atoms with Gasteiger partial charge in [-0.15, -0.1) is 0 Å². The Morgan fingerprint density at radius 2 is 2.11 bits per heavy atom. The number of nitrogens with zero attached hydrogens (tertiary/aromatic N) is 2. The quantitative estimate of drug-likeness (QED) is 0.703. The van der Waals surface area contributed by atoms with Crippen LogP contribution in [-0.4, -0.2) is 44.0 Å². The van der Waals surface area contributed by atoms with Gasteiger partial charge in [0.1, 0.15) is 10.7 Å². The van der Waals surface area contributed by atoms with Gasteiger partial charge >= 0.3 is 0 Å². The second-order valence-electron chi connectivity index (χ2n) is 7.01. The maximum atomic E-state index is 14.5. The van der Waals surface area contributed by atoms with Crippen LogP contribution in [0.2, 0.25) is 5.02 Å². The lowest BCUT2D eigenvalue weighted by Gasteiger charge is -2.21. The van der Waals surface area contributed by atoms with Crippen LogP contribution >= 0.6 is 22.9 Å². The minimum atomic E-state index is -4.27. The maximum Gasteiger partial charge on any atom is 0.266 e. The Kier molecular flexibility index (Phi) is 5.47. The first-order valence-corrected chi connectivity index (χ1v) is 11.6. The third kappa shape index (κ3) is 3.96. The van der Waals surface area contributed by atoms with Gasteiger partial charge in [0.25, 0.3) is 10.0 Å². The van der Waals surface area contributed by atoms with E-state index in [1.807, 2.05) is 0 Å². The molecule has 0 saturated carbocycles. The van der Waals surface area contributed by atoms with Crippen molar-refractivity contribution in [2.75, 3.05) is 29.7 Å². The summed E-state index contributed by atoms with van der Waals surface area (Å²) in [5, 5.41) is 2.44. The molecule has 152 valence electrons. The van der Waals surface area contributed by atoms with Crippen molar-refractivity contribution < 1.29 is 17.2 Å². The molecule has 6 nitrogen and oxygen atoms in total. The number of anilines is 2. The molecule has 2 aliphatic rings. The summed E-state index contributed by atoms with van der Waals surface area (Å²) in [5.41, 5.74) is 0.356. The monoisotopic (exact) mass is 448 g/mol. The molecule has 3 heterocycles. The van der Waals surface area contributed by atoms with Crippen molar-refractivity contribution in [1.82, 2.24) is 9.88 Å². The molecule has 2 fully saturated rings. The van der Waals surface area contributed by atoms with Gasteiger partial charge in [0, 0.05) is 12.6 Å². The van der Waals surface area contributed by atoms with Crippen LogP contribution in [0.15, 0.2) is 23.2 Å². The molecule has 2 saturated heterocycles. The average molecular weight is 449 g/mol. The van der Waals surface area contributed by atoms with Gasteiger partial charge in [-0.2, -0.15) is 4.39 Å². The Hall–Kier alpha value is -1.49. The summed E-state index contributed by atoms with van der Waals surface area (Å²) in [6, 6.07) is 2.70. The van der Waals surface area contributed by atoms with Crippen molar-refractivity contribution in [3.63, 3.8) is 0 Å². The summed E-state index contributed by atoms with van der Waals surface area (Å²) in [6.07, 6.45) is 4.35. The normalized spacial score (nSPS) is 22.4. The smallest absolute Gasteiger partial charge is 0.266 e. The Morgan fingerprint density at radius 1 is 1.29 bits per heavy atom. The second kappa shape index (κ2) is 7.74. The molecule has 2 atom stereocenters. The molecule has 1 aromatic carbocycles. The fraction of sp³-hybridized carbons (Fsp3) is 0.471. The van der Waals surface area contributed by atoms with Crippen LogP contribution in [0.4, 0.5) is 19.6 Å². The fourth-order valence-electron chi connectivity index (χ4n) is 4.01. The molecule has 11 heteroatoms. The average Bonchev–Trinajstić information content (AvgIpc) is 3.33. The number of nitrogens with one attached hydrogen (secondary N) is 2. The molecule has 1 aromatic heterocycles. The zero-order valence-corrected chi connectivity index (χ0v) is 17.2. The molecular weight excluding hydrogens is 430 g/mol. The molecule has 0 amide bonds. The topological polar surface area (TPSA) is 74.3 Å². The third-order valence-electron chi connectivity index (χ3n) is 5.31. The summed E-state index contributed by atoms with van der Waals surface area (Å²) >= 11 is 6.72. The number of hydrogen-bond acceptors (Lipinski definition) is 6. The minimum Gasteiger partial charge on any atom is -0.383 e. The molecule has 0 bridgehead atoms. The summed E-state index contributed by atoms with van der Waals surface area (Å²) < 4.78 is 54.4. The zero-order valence-electron chi connectivity index (χ0n) is 14.8. The van der Waals surface area contributed by atoms with Gasteiger partial charge in [-0.25, -0.2) is 17.8 Å². The lowest BCUT2D eigenvalue weighted by atomic mass is 9.98. The second-order valence-corrected chi connectivity index (χ2v) is 10.1. The Labute approximate surface area is 171 Å². The van der Waals surface area contributed by atoms with Crippen molar-refractivity contribution in [2.45, 2.75) is 30.2 Å². The molecule has 0 aliphatic carbocycles. The number of aromatic nitrogens is 1. The first-order chi connectivity index (χ1) is 13.3. The third-order valence-corrected chi connectivity index (χ3v) is 7.81. The first-order valence-electron chi connectivity index (χ1n) is 8.94. The van der Waals surface area contributed by atoms with E-state index in [1.165, 1.54) is 12.8 Å². The number of hydrogen-bond donors (Lipinski definition) is 2. The Bertz CT molecular complexity index is 986. The fourth-order valence-corrected chi connectivity index (χ4v) is 6.18. The number of rotatable bonds is 6. The predicted octanol–water partition coefficient (Wildman–Crippen LogP) is 3.77. The highest BCUT2D eigenvalue weighted by Crippen LogP contribution is 2.34. The number of fused-ring (bicyclic) bond motifs is 1. The summed E-state index contributed by atoms with van der Waals surface area (Å²) in [5.74, 6) is -0.475. The number of thiazole rings is 1. The largest absolute Gasteiger partial charge is 0.383 e. The number of benzene rings is 1. The van der Waals surface area contributed by atoms with E-state index in [1.54, 1.807) is 0 Å². The van der Waals surface area contributed by atoms with Crippen molar-refractivity contribution >= 4 is 43.8 Å². The molecule has 1 unspecified atom stereocenters. The zero-order chi connectivity index (χ0) is 19.9. The van der Waals surface area contributed by atoms with Gasteiger partial charge in [-0.1, -0.05) is 22.9 Å². The van der Waals surface area contributed by atoms with Gasteiger partial charge in [-0.3, -0.25) is 4.72 Å². The molecule has 2 aromatic rings. The van der Waals surface area contributed by atoms with E-state index < -0.39 is 25.9 Å². The van der Waals surface area contributed by atoms with Crippen LogP contribution in [0.3, 0.4) is 0 Å². The van der Waals surface area contributed by atoms with E-state index in [0.29, 0.717) is 35.5 Å². The van der Waals surface area contributed by atoms with Gasteiger partial charge in [0.15, 0.2) is 10.3 Å². The van der Waals surface area contributed by atoms with Crippen LogP contribution in [0.5, 0.6) is 0 Å². The Balaban J connectivity index is 1.48. The van der Waals surface area contributed by atoms with Crippen LogP contribution in [-0.2, 0) is 10.0 Å². The van der Waals surface area contributed by atoms with Gasteiger partial charge in [-0.05, 0) is 50.4 Å². The first kappa shape index (κ1) is 19.8. The maximum absolute atomic E-state index is 14.5. The lowest BCUT2D eigenvalue weighted by molar-refractivity contribution is 0.295. The molecule has 4 rings (SSSR count). The van der Waals surface area contributed by atoms with Gasteiger partial charge in [0.05, 0.1) is 16.9 Å².